The molecule has 7 heteroatoms. The molecule has 3 rings (SSSR count). The van der Waals surface area contributed by atoms with Gasteiger partial charge in [-0.15, -0.1) is 0 Å². The number of nitrogens with zero attached hydrogens (tertiary/aromatic N) is 1. The minimum Gasteiger partial charge on any atom is -0.330 e. The summed E-state index contributed by atoms with van der Waals surface area (Å²) in [6.07, 6.45) is 0. The highest BCUT2D eigenvalue weighted by Gasteiger charge is 2.11. The van der Waals surface area contributed by atoms with Crippen molar-refractivity contribution in [2.45, 2.75) is 0 Å². The third-order valence-electron chi connectivity index (χ3n) is 2.89. The van der Waals surface area contributed by atoms with Crippen molar-refractivity contribution in [1.29, 1.82) is 0 Å². The predicted molar refractivity (Wildman–Crippen MR) is 78.4 cm³/mol. The summed E-state index contributed by atoms with van der Waals surface area (Å²) >= 11 is 16.7. The molecule has 2 aromatic carbocycles. The van der Waals surface area contributed by atoms with E-state index in [9.17, 15) is 8.78 Å². The van der Waals surface area contributed by atoms with Gasteiger partial charge in [0, 0.05) is 6.07 Å². The maximum Gasteiger partial charge on any atom is 0.182 e. The van der Waals surface area contributed by atoms with Gasteiger partial charge in [-0.25, -0.2) is 8.78 Å². The van der Waals surface area contributed by atoms with Crippen LogP contribution in [-0.4, -0.2) is 9.55 Å². The van der Waals surface area contributed by atoms with Crippen molar-refractivity contribution in [2.75, 3.05) is 0 Å². The lowest BCUT2D eigenvalue weighted by Crippen LogP contribution is -1.95. The molecule has 2 nitrogen and oxygen atoms in total. The van der Waals surface area contributed by atoms with Gasteiger partial charge >= 0.3 is 0 Å². The number of halogens is 4. The van der Waals surface area contributed by atoms with E-state index < -0.39 is 11.6 Å². The molecule has 0 atom stereocenters. The fraction of sp³-hybridized carbons (Fsp3) is 0. The van der Waals surface area contributed by atoms with E-state index in [0.717, 1.165) is 0 Å². The van der Waals surface area contributed by atoms with E-state index in [0.29, 0.717) is 21.5 Å². The highest BCUT2D eigenvalue weighted by atomic mass is 35.5. The molecule has 0 bridgehead atoms. The van der Waals surface area contributed by atoms with Gasteiger partial charge in [0.15, 0.2) is 4.77 Å². The Labute approximate surface area is 127 Å². The Hall–Kier alpha value is -1.43. The van der Waals surface area contributed by atoms with Crippen LogP contribution in [0.5, 0.6) is 0 Å². The molecule has 102 valence electrons. The minimum absolute atomic E-state index is 0.00182. The lowest BCUT2D eigenvalue weighted by molar-refractivity contribution is 0.627. The van der Waals surface area contributed by atoms with Crippen molar-refractivity contribution in [1.82, 2.24) is 9.55 Å². The predicted octanol–water partition coefficient (Wildman–Crippen LogP) is 5.27. The number of hydrogen-bond acceptors (Lipinski definition) is 1. The van der Waals surface area contributed by atoms with Crippen LogP contribution in [0.4, 0.5) is 8.78 Å². The molecule has 0 amide bonds. The topological polar surface area (TPSA) is 20.7 Å². The van der Waals surface area contributed by atoms with E-state index in [2.05, 4.69) is 4.98 Å². The van der Waals surface area contributed by atoms with Crippen LogP contribution in [0.2, 0.25) is 10.0 Å². The number of aromatic amines is 1. The first-order chi connectivity index (χ1) is 9.47. The zero-order chi connectivity index (χ0) is 14.4. The molecule has 0 aliphatic carbocycles. The Balaban J connectivity index is 2.35. The van der Waals surface area contributed by atoms with Crippen LogP contribution in [-0.2, 0) is 0 Å². The van der Waals surface area contributed by atoms with Crippen LogP contribution in [0.3, 0.4) is 0 Å². The Bertz CT molecular complexity index is 886. The summed E-state index contributed by atoms with van der Waals surface area (Å²) in [5.41, 5.74) is 1.62. The molecule has 1 N–H and O–H groups in total. The summed E-state index contributed by atoms with van der Waals surface area (Å²) in [6, 6.07) is 6.87. The molecule has 1 aromatic heterocycles. The Morgan fingerprint density at radius 2 is 1.70 bits per heavy atom. The average molecular weight is 331 g/mol. The molecular formula is C13H6Cl2F2N2S. The largest absolute Gasteiger partial charge is 0.330 e. The third-order valence-corrected chi connectivity index (χ3v) is 3.75. The van der Waals surface area contributed by atoms with Crippen molar-refractivity contribution >= 4 is 46.5 Å². The van der Waals surface area contributed by atoms with E-state index in [4.69, 9.17) is 35.4 Å². The van der Waals surface area contributed by atoms with Gasteiger partial charge in [0.1, 0.15) is 11.6 Å². The van der Waals surface area contributed by atoms with Crippen LogP contribution in [0.15, 0.2) is 30.3 Å². The second-order valence-corrected chi connectivity index (χ2v) is 5.35. The highest BCUT2D eigenvalue weighted by Crippen LogP contribution is 2.27. The summed E-state index contributed by atoms with van der Waals surface area (Å²) in [4.78, 5) is 2.92. The SMILES string of the molecule is Fc1ccc(-n2c(=S)[nH]c3cc(Cl)c(F)cc32)cc1Cl. The third kappa shape index (κ3) is 2.12. The Morgan fingerprint density at radius 3 is 2.40 bits per heavy atom. The molecular weight excluding hydrogens is 325 g/mol. The summed E-state index contributed by atoms with van der Waals surface area (Å²) in [6.45, 7) is 0. The number of rotatable bonds is 1. The van der Waals surface area contributed by atoms with Crippen molar-refractivity contribution in [3.63, 3.8) is 0 Å². The standard InChI is InChI=1S/C13H6Cl2F2N2S/c14-7-3-6(1-2-9(7)16)19-12-5-10(17)8(15)4-11(12)18-13(19)20/h1-5H,(H,18,20). The van der Waals surface area contributed by atoms with E-state index in [1.165, 1.54) is 30.3 Å². The second-order valence-electron chi connectivity index (χ2n) is 4.15. The molecule has 0 aliphatic rings. The lowest BCUT2D eigenvalue weighted by atomic mass is 10.2. The highest BCUT2D eigenvalue weighted by molar-refractivity contribution is 7.71. The molecule has 0 saturated heterocycles. The molecule has 1 heterocycles. The van der Waals surface area contributed by atoms with Crippen molar-refractivity contribution in [3.05, 3.63) is 56.8 Å². The number of nitrogens with one attached hydrogen (secondary N) is 1. The quantitative estimate of drug-likeness (QED) is 0.602. The number of imidazole rings is 1. The number of hydrogen-bond donors (Lipinski definition) is 1. The molecule has 20 heavy (non-hydrogen) atoms. The van der Waals surface area contributed by atoms with Crippen LogP contribution in [0.1, 0.15) is 0 Å². The smallest absolute Gasteiger partial charge is 0.182 e. The van der Waals surface area contributed by atoms with Gasteiger partial charge in [-0.2, -0.15) is 0 Å². The first kappa shape index (κ1) is 13.5. The maximum atomic E-state index is 13.6. The summed E-state index contributed by atoms with van der Waals surface area (Å²) in [5, 5.41) is -0.0359. The number of benzene rings is 2. The monoisotopic (exact) mass is 330 g/mol. The first-order valence-corrected chi connectivity index (χ1v) is 6.69. The fourth-order valence-electron chi connectivity index (χ4n) is 1.98. The van der Waals surface area contributed by atoms with Crippen LogP contribution >= 0.6 is 35.4 Å². The van der Waals surface area contributed by atoms with Gasteiger partial charge < -0.3 is 4.98 Å². The number of aromatic nitrogens is 2. The van der Waals surface area contributed by atoms with Crippen LogP contribution < -0.4 is 0 Å². The molecule has 0 radical (unpaired) electrons. The molecule has 3 aromatic rings. The number of fused-ring (bicyclic) bond motifs is 1. The van der Waals surface area contributed by atoms with E-state index >= 15 is 0 Å². The molecule has 0 aliphatic heterocycles. The Kier molecular flexibility index (Phi) is 3.28. The lowest BCUT2D eigenvalue weighted by Gasteiger charge is -2.06. The summed E-state index contributed by atoms with van der Waals surface area (Å²) in [5.74, 6) is -1.09. The minimum atomic E-state index is -0.560. The van der Waals surface area contributed by atoms with Crippen molar-refractivity contribution in [2.24, 2.45) is 0 Å². The van der Waals surface area contributed by atoms with Crippen molar-refractivity contribution in [3.8, 4) is 5.69 Å². The fourth-order valence-corrected chi connectivity index (χ4v) is 2.63. The van der Waals surface area contributed by atoms with Gasteiger partial charge in [0.25, 0.3) is 0 Å². The zero-order valence-corrected chi connectivity index (χ0v) is 12.1. The molecule has 0 fully saturated rings. The van der Waals surface area contributed by atoms with Crippen molar-refractivity contribution < 1.29 is 8.78 Å². The van der Waals surface area contributed by atoms with E-state index in [-0.39, 0.29) is 10.0 Å². The van der Waals surface area contributed by atoms with Gasteiger partial charge in [-0.1, -0.05) is 23.2 Å². The van der Waals surface area contributed by atoms with E-state index in [1.807, 2.05) is 0 Å². The van der Waals surface area contributed by atoms with Gasteiger partial charge in [-0.05, 0) is 36.5 Å². The summed E-state index contributed by atoms with van der Waals surface area (Å²) in [7, 11) is 0. The summed E-state index contributed by atoms with van der Waals surface area (Å²) < 4.78 is 28.7. The molecule has 0 saturated carbocycles. The zero-order valence-electron chi connectivity index (χ0n) is 9.75. The van der Waals surface area contributed by atoms with Crippen LogP contribution in [0, 0.1) is 16.4 Å². The van der Waals surface area contributed by atoms with E-state index in [1.54, 1.807) is 4.57 Å². The van der Waals surface area contributed by atoms with Gasteiger partial charge in [-0.3, -0.25) is 4.57 Å². The van der Waals surface area contributed by atoms with Gasteiger partial charge in [0.05, 0.1) is 26.8 Å². The maximum absolute atomic E-state index is 13.6. The Morgan fingerprint density at radius 1 is 1.00 bits per heavy atom. The number of H-pyrrole nitrogens is 1. The second kappa shape index (κ2) is 4.84. The normalized spacial score (nSPS) is 11.2. The van der Waals surface area contributed by atoms with Crippen LogP contribution in [0.25, 0.3) is 16.7 Å². The molecule has 0 spiro atoms. The van der Waals surface area contributed by atoms with Gasteiger partial charge in [0.2, 0.25) is 0 Å². The first-order valence-electron chi connectivity index (χ1n) is 5.52. The average Bonchev–Trinajstić information content (AvgIpc) is 2.69. The molecule has 0 unspecified atom stereocenters.